The fourth-order valence-electron chi connectivity index (χ4n) is 3.40. The molecule has 0 aliphatic carbocycles. The number of nitrogens with zero attached hydrogens (tertiary/aromatic N) is 1. The number of hydrogen-bond acceptors (Lipinski definition) is 3. The summed E-state index contributed by atoms with van der Waals surface area (Å²) in [7, 11) is 0. The molecule has 0 aliphatic heterocycles. The lowest BCUT2D eigenvalue weighted by atomic mass is 10.0. The van der Waals surface area contributed by atoms with Crippen LogP contribution in [0.25, 0.3) is 10.9 Å². The summed E-state index contributed by atoms with van der Waals surface area (Å²) in [6.45, 7) is 8.77. The summed E-state index contributed by atoms with van der Waals surface area (Å²) in [4.78, 5) is 28.1. The van der Waals surface area contributed by atoms with Crippen LogP contribution >= 0.6 is 12.2 Å². The lowest BCUT2D eigenvalue weighted by Gasteiger charge is -2.09. The fraction of sp³-hybridized carbons (Fsp3) is 0.261. The molecule has 1 amide bonds. The maximum atomic E-state index is 12.5. The van der Waals surface area contributed by atoms with Gasteiger partial charge in [-0.1, -0.05) is 29.8 Å². The van der Waals surface area contributed by atoms with E-state index in [1.54, 1.807) is 24.3 Å². The second kappa shape index (κ2) is 9.01. The van der Waals surface area contributed by atoms with E-state index < -0.39 is 0 Å². The van der Waals surface area contributed by atoms with Gasteiger partial charge < -0.3 is 10.3 Å². The van der Waals surface area contributed by atoms with E-state index in [9.17, 15) is 9.59 Å². The Balaban J connectivity index is 1.67. The van der Waals surface area contributed by atoms with Gasteiger partial charge >= 0.3 is 0 Å². The molecule has 6 heteroatoms. The molecule has 2 N–H and O–H groups in total. The molecule has 3 aromatic rings. The molecule has 0 bridgehead atoms. The topological polar surface area (TPSA) is 66.9 Å². The minimum Gasteiger partial charge on any atom is -0.352 e. The number of H-pyrrole nitrogens is 1. The highest BCUT2D eigenvalue weighted by Crippen LogP contribution is 2.13. The molecule has 0 saturated carbocycles. The lowest BCUT2D eigenvalue weighted by molar-refractivity contribution is 0.0953. The van der Waals surface area contributed by atoms with Crippen molar-refractivity contribution < 1.29 is 4.79 Å². The van der Waals surface area contributed by atoms with Crippen LogP contribution < -0.4 is 10.9 Å². The Kier molecular flexibility index (Phi) is 6.44. The van der Waals surface area contributed by atoms with Crippen LogP contribution in [-0.2, 0) is 13.0 Å². The van der Waals surface area contributed by atoms with Gasteiger partial charge in [0.25, 0.3) is 11.5 Å². The van der Waals surface area contributed by atoms with E-state index in [-0.39, 0.29) is 11.5 Å². The number of fused-ring (bicyclic) bond motifs is 1. The molecule has 1 aromatic heterocycles. The smallest absolute Gasteiger partial charge is 0.262 e. The Labute approximate surface area is 175 Å². The number of rotatable bonds is 7. The first-order chi connectivity index (χ1) is 13.9. The minimum absolute atomic E-state index is 0.165. The first-order valence-electron chi connectivity index (χ1n) is 9.63. The average Bonchev–Trinajstić information content (AvgIpc) is 2.69. The van der Waals surface area contributed by atoms with Crippen LogP contribution in [0.4, 0.5) is 0 Å². The summed E-state index contributed by atoms with van der Waals surface area (Å²) in [5.41, 5.74) is 4.70. The molecule has 1 heterocycles. The number of hydrogen-bond donors (Lipinski definition) is 2. The molecule has 0 unspecified atom stereocenters. The molecule has 5 nitrogen and oxygen atoms in total. The third kappa shape index (κ3) is 4.71. The number of aromatic nitrogens is 2. The first kappa shape index (κ1) is 20.7. The molecule has 0 spiro atoms. The Hall–Kier alpha value is -2.99. The Morgan fingerprint density at radius 1 is 1.24 bits per heavy atom. The molecular weight excluding hydrogens is 382 g/mol. The number of carbonyl (C=O) groups excluding carboxylic acids is 1. The number of allylic oxidation sites excluding steroid dienone is 1. The predicted octanol–water partition coefficient (Wildman–Crippen LogP) is 4.22. The number of amides is 1. The van der Waals surface area contributed by atoms with Crippen molar-refractivity contribution in [2.45, 2.75) is 33.2 Å². The van der Waals surface area contributed by atoms with Crippen LogP contribution in [0.5, 0.6) is 0 Å². The van der Waals surface area contributed by atoms with Gasteiger partial charge in [-0.05, 0) is 68.2 Å². The zero-order chi connectivity index (χ0) is 21.0. The highest BCUT2D eigenvalue weighted by Gasteiger charge is 2.10. The average molecular weight is 408 g/mol. The maximum Gasteiger partial charge on any atom is 0.262 e. The van der Waals surface area contributed by atoms with Gasteiger partial charge in [0.2, 0.25) is 0 Å². The first-order valence-corrected chi connectivity index (χ1v) is 10.0. The molecule has 0 radical (unpaired) electrons. The molecule has 29 heavy (non-hydrogen) atoms. The van der Waals surface area contributed by atoms with Gasteiger partial charge in [0, 0.05) is 18.7 Å². The Bertz CT molecular complexity index is 1190. The van der Waals surface area contributed by atoms with E-state index in [4.69, 9.17) is 12.2 Å². The summed E-state index contributed by atoms with van der Waals surface area (Å²) in [5, 5.41) is 3.44. The number of aryl methyl sites for hydroxylation is 3. The van der Waals surface area contributed by atoms with Crippen molar-refractivity contribution in [3.8, 4) is 0 Å². The van der Waals surface area contributed by atoms with Crippen molar-refractivity contribution in [3.63, 3.8) is 0 Å². The molecule has 0 atom stereocenters. The van der Waals surface area contributed by atoms with Crippen molar-refractivity contribution in [3.05, 3.63) is 86.4 Å². The van der Waals surface area contributed by atoms with Gasteiger partial charge in [-0.2, -0.15) is 0 Å². The molecule has 3 rings (SSSR count). The van der Waals surface area contributed by atoms with Crippen LogP contribution in [0.2, 0.25) is 0 Å². The number of aromatic amines is 1. The monoisotopic (exact) mass is 407 g/mol. The summed E-state index contributed by atoms with van der Waals surface area (Å²) >= 11 is 5.25. The number of nitrogens with one attached hydrogen (secondary N) is 2. The lowest BCUT2D eigenvalue weighted by Crippen LogP contribution is -2.25. The van der Waals surface area contributed by atoms with Gasteiger partial charge in [0.1, 0.15) is 0 Å². The SMILES string of the molecule is C=CCn1c(=S)[nH]c2cc(C(=O)NCCCc3ccc(C)cc3C)ccc2c1=O. The van der Waals surface area contributed by atoms with Gasteiger partial charge in [-0.3, -0.25) is 14.2 Å². The van der Waals surface area contributed by atoms with Crippen molar-refractivity contribution in [1.82, 2.24) is 14.9 Å². The van der Waals surface area contributed by atoms with E-state index in [2.05, 4.69) is 48.9 Å². The zero-order valence-electron chi connectivity index (χ0n) is 16.7. The highest BCUT2D eigenvalue weighted by molar-refractivity contribution is 7.71. The summed E-state index contributed by atoms with van der Waals surface area (Å²) in [6.07, 6.45) is 3.40. The maximum absolute atomic E-state index is 12.5. The van der Waals surface area contributed by atoms with Crippen LogP contribution in [0.1, 0.15) is 33.5 Å². The van der Waals surface area contributed by atoms with Gasteiger partial charge in [0.05, 0.1) is 10.9 Å². The highest BCUT2D eigenvalue weighted by atomic mass is 32.1. The van der Waals surface area contributed by atoms with E-state index in [0.717, 1.165) is 12.8 Å². The van der Waals surface area contributed by atoms with Crippen molar-refractivity contribution in [2.75, 3.05) is 6.54 Å². The van der Waals surface area contributed by atoms with Gasteiger partial charge in [-0.25, -0.2) is 0 Å². The third-order valence-corrected chi connectivity index (χ3v) is 5.28. The summed E-state index contributed by atoms with van der Waals surface area (Å²) < 4.78 is 1.76. The summed E-state index contributed by atoms with van der Waals surface area (Å²) in [6, 6.07) is 11.4. The Morgan fingerprint density at radius 2 is 2.03 bits per heavy atom. The van der Waals surface area contributed by atoms with Crippen molar-refractivity contribution >= 4 is 29.0 Å². The molecule has 150 valence electrons. The minimum atomic E-state index is -0.191. The van der Waals surface area contributed by atoms with E-state index in [1.165, 1.54) is 21.3 Å². The van der Waals surface area contributed by atoms with Gasteiger partial charge in [-0.15, -0.1) is 6.58 Å². The van der Waals surface area contributed by atoms with Crippen LogP contribution in [0, 0.1) is 18.6 Å². The second-order valence-electron chi connectivity index (χ2n) is 7.18. The second-order valence-corrected chi connectivity index (χ2v) is 7.57. The number of carbonyl (C=O) groups is 1. The third-order valence-electron chi connectivity index (χ3n) is 4.96. The van der Waals surface area contributed by atoms with Crippen molar-refractivity contribution in [2.24, 2.45) is 0 Å². The molecule has 0 aliphatic rings. The molecule has 2 aromatic carbocycles. The quantitative estimate of drug-likeness (QED) is 0.350. The normalized spacial score (nSPS) is 10.8. The molecule has 0 saturated heterocycles. The van der Waals surface area contributed by atoms with Crippen LogP contribution in [-0.4, -0.2) is 22.0 Å². The predicted molar refractivity (Wildman–Crippen MR) is 120 cm³/mol. The Morgan fingerprint density at radius 3 is 2.76 bits per heavy atom. The van der Waals surface area contributed by atoms with Crippen LogP contribution in [0.3, 0.4) is 0 Å². The molecular formula is C23H25N3O2S. The van der Waals surface area contributed by atoms with E-state index in [1.807, 2.05) is 0 Å². The molecule has 0 fully saturated rings. The van der Waals surface area contributed by atoms with E-state index in [0.29, 0.717) is 34.3 Å². The largest absolute Gasteiger partial charge is 0.352 e. The number of benzene rings is 2. The van der Waals surface area contributed by atoms with E-state index >= 15 is 0 Å². The van der Waals surface area contributed by atoms with Gasteiger partial charge in [0.15, 0.2) is 4.77 Å². The standard InChI is InChI=1S/C23H25N3O2S/c1-4-12-26-22(28)19-10-9-18(14-20(19)25-23(26)29)21(27)24-11-5-6-17-8-7-15(2)13-16(17)3/h4,7-10,13-14H,1,5-6,11-12H2,2-3H3,(H,24,27)(H,25,29). The fourth-order valence-corrected chi connectivity index (χ4v) is 3.67. The summed E-state index contributed by atoms with van der Waals surface area (Å²) in [5.74, 6) is -0.165. The van der Waals surface area contributed by atoms with Crippen LogP contribution in [0.15, 0.2) is 53.8 Å². The zero-order valence-corrected chi connectivity index (χ0v) is 17.6. The van der Waals surface area contributed by atoms with Crippen molar-refractivity contribution in [1.29, 1.82) is 0 Å².